The van der Waals surface area contributed by atoms with Crippen LogP contribution in [0.1, 0.15) is 0 Å². The minimum Gasteiger partial charge on any atom is -0.467 e. The molecule has 0 aromatic carbocycles. The topological polar surface area (TPSA) is 74.5 Å². The summed E-state index contributed by atoms with van der Waals surface area (Å²) in [5.41, 5.74) is 0.532. The van der Waals surface area contributed by atoms with Gasteiger partial charge < -0.3 is 14.8 Å². The molecule has 1 rings (SSSR count). The van der Waals surface area contributed by atoms with E-state index in [1.165, 1.54) is 14.2 Å². The van der Waals surface area contributed by atoms with Gasteiger partial charge in [0.05, 0.1) is 12.8 Å². The first kappa shape index (κ1) is 10.6. The molecular formula is C7H11NO4. The predicted octanol–water partition coefficient (Wildman–Crippen LogP) is -0.564. The smallest absolute Gasteiger partial charge is 0.331 e. The molecule has 0 aromatic rings. The van der Waals surface area contributed by atoms with E-state index in [4.69, 9.17) is 0 Å². The van der Waals surface area contributed by atoms with Gasteiger partial charge in [0.25, 0.3) is 5.91 Å². The molecular weight excluding hydrogens is 162 g/mol. The van der Waals surface area contributed by atoms with Gasteiger partial charge in [0.1, 0.15) is 6.61 Å². The number of amides is 1. The molecule has 68 valence electrons. The zero-order valence-electron chi connectivity index (χ0n) is 7.05. The Kier molecular flexibility index (Phi) is 4.71. The lowest BCUT2D eigenvalue weighted by molar-refractivity contribution is -0.144. The second-order valence-electron chi connectivity index (χ2n) is 1.94. The highest BCUT2D eigenvalue weighted by Crippen LogP contribution is 1.96. The maximum Gasteiger partial charge on any atom is 0.331 e. The molecule has 0 bridgehead atoms. The lowest BCUT2D eigenvalue weighted by Crippen LogP contribution is -2.07. The molecule has 1 aliphatic heterocycles. The van der Waals surface area contributed by atoms with E-state index in [1.54, 1.807) is 0 Å². The molecule has 5 heteroatoms. The van der Waals surface area contributed by atoms with E-state index < -0.39 is 0 Å². The van der Waals surface area contributed by atoms with Crippen molar-refractivity contribution >= 4 is 11.9 Å². The van der Waals surface area contributed by atoms with Crippen LogP contribution in [0.3, 0.4) is 0 Å². The summed E-state index contributed by atoms with van der Waals surface area (Å²) in [6.07, 6.45) is 0. The molecule has 12 heavy (non-hydrogen) atoms. The van der Waals surface area contributed by atoms with Gasteiger partial charge in [-0.25, -0.2) is 4.79 Å². The lowest BCUT2D eigenvalue weighted by Gasteiger charge is -1.92. The zero-order valence-corrected chi connectivity index (χ0v) is 7.05. The molecule has 0 unspecified atom stereocenters. The molecule has 1 N–H and O–H groups in total. The van der Waals surface area contributed by atoms with E-state index >= 15 is 0 Å². The van der Waals surface area contributed by atoms with Crippen molar-refractivity contribution in [2.75, 3.05) is 20.8 Å². The van der Waals surface area contributed by atoms with Gasteiger partial charge in [0, 0.05) is 7.11 Å². The van der Waals surface area contributed by atoms with Crippen LogP contribution in [0, 0.1) is 0 Å². The van der Waals surface area contributed by atoms with Crippen molar-refractivity contribution in [2.24, 2.45) is 0 Å². The predicted molar refractivity (Wildman–Crippen MR) is 41.2 cm³/mol. The first-order chi connectivity index (χ1) is 5.61. The van der Waals surface area contributed by atoms with Crippen molar-refractivity contribution in [2.45, 2.75) is 0 Å². The minimum absolute atomic E-state index is 0.0231. The molecule has 0 spiro atoms. The summed E-state index contributed by atoms with van der Waals surface area (Å²) in [5, 5.41) is 2.36. The number of hydrogen-bond acceptors (Lipinski definition) is 4. The van der Waals surface area contributed by atoms with E-state index in [0.717, 1.165) is 0 Å². The van der Waals surface area contributed by atoms with Crippen molar-refractivity contribution in [1.82, 2.24) is 5.32 Å². The third kappa shape index (κ3) is 5.43. The van der Waals surface area contributed by atoms with Crippen molar-refractivity contribution in [3.05, 3.63) is 12.3 Å². The average molecular weight is 173 g/mol. The molecule has 0 saturated carbocycles. The highest BCUT2D eigenvalue weighted by Gasteiger charge is 2.20. The van der Waals surface area contributed by atoms with Crippen LogP contribution in [0.25, 0.3) is 0 Å². The molecule has 0 aromatic heterocycles. The second-order valence-corrected chi connectivity index (χ2v) is 1.94. The fraction of sp³-hybridized carbons (Fsp3) is 0.429. The van der Waals surface area contributed by atoms with E-state index in [-0.39, 0.29) is 18.5 Å². The maximum atomic E-state index is 10.1. The van der Waals surface area contributed by atoms with Crippen LogP contribution in [0.4, 0.5) is 0 Å². The van der Waals surface area contributed by atoms with E-state index in [9.17, 15) is 9.59 Å². The average Bonchev–Trinajstić information content (AvgIpc) is 2.66. The van der Waals surface area contributed by atoms with E-state index in [2.05, 4.69) is 21.4 Å². The quantitative estimate of drug-likeness (QED) is 0.345. The van der Waals surface area contributed by atoms with Crippen LogP contribution < -0.4 is 5.32 Å². The van der Waals surface area contributed by atoms with Crippen LogP contribution >= 0.6 is 0 Å². The number of hydrogen-bond donors (Lipinski definition) is 1. The number of carbonyl (C=O) groups excluding carboxylic acids is 2. The summed E-state index contributed by atoms with van der Waals surface area (Å²) in [5.74, 6) is -0.368. The Hall–Kier alpha value is -1.36. The Labute approximate surface area is 70.3 Å². The van der Waals surface area contributed by atoms with Gasteiger partial charge in [-0.2, -0.15) is 0 Å². The summed E-state index contributed by atoms with van der Waals surface area (Å²) in [7, 11) is 2.76. The van der Waals surface area contributed by atoms with E-state index in [0.29, 0.717) is 5.70 Å². The number of ether oxygens (including phenoxy) is 2. The fourth-order valence-electron chi connectivity index (χ4n) is 0.283. The fourth-order valence-corrected chi connectivity index (χ4v) is 0.283. The third-order valence-electron chi connectivity index (χ3n) is 0.966. The highest BCUT2D eigenvalue weighted by molar-refractivity contribution is 6.09. The Bertz CT molecular complexity index is 188. The first-order valence-corrected chi connectivity index (χ1v) is 3.17. The molecule has 1 saturated heterocycles. The third-order valence-corrected chi connectivity index (χ3v) is 0.966. The summed E-state index contributed by atoms with van der Waals surface area (Å²) in [6, 6.07) is 0. The second kappa shape index (κ2) is 5.31. The van der Waals surface area contributed by atoms with Crippen molar-refractivity contribution in [3.8, 4) is 0 Å². The summed E-state index contributed by atoms with van der Waals surface area (Å²) in [4.78, 5) is 19.7. The Morgan fingerprint density at radius 1 is 1.58 bits per heavy atom. The van der Waals surface area contributed by atoms with Crippen molar-refractivity contribution in [3.63, 3.8) is 0 Å². The lowest BCUT2D eigenvalue weighted by atomic mass is 10.7. The van der Waals surface area contributed by atoms with E-state index in [1.807, 2.05) is 0 Å². The summed E-state index contributed by atoms with van der Waals surface area (Å²) >= 11 is 0. The zero-order chi connectivity index (χ0) is 9.56. The van der Waals surface area contributed by atoms with Crippen molar-refractivity contribution < 1.29 is 19.1 Å². The Balaban J connectivity index is 0.000000211. The Morgan fingerprint density at radius 2 is 2.00 bits per heavy atom. The van der Waals surface area contributed by atoms with Gasteiger partial charge in [-0.3, -0.25) is 4.79 Å². The molecule has 0 radical (unpaired) electrons. The number of esters is 1. The van der Waals surface area contributed by atoms with Gasteiger partial charge in [0.15, 0.2) is 0 Å². The van der Waals surface area contributed by atoms with Crippen molar-refractivity contribution in [1.29, 1.82) is 0 Å². The van der Waals surface area contributed by atoms with Gasteiger partial charge in [-0.05, 0) is 0 Å². The van der Waals surface area contributed by atoms with Gasteiger partial charge >= 0.3 is 5.97 Å². The first-order valence-electron chi connectivity index (χ1n) is 3.17. The Morgan fingerprint density at radius 3 is 2.08 bits per heavy atom. The monoisotopic (exact) mass is 173 g/mol. The molecule has 1 fully saturated rings. The minimum atomic E-state index is -0.345. The van der Waals surface area contributed by atoms with Gasteiger partial charge in [-0.15, -0.1) is 0 Å². The molecule has 1 heterocycles. The van der Waals surface area contributed by atoms with Crippen LogP contribution in [0.5, 0.6) is 0 Å². The molecule has 5 nitrogen and oxygen atoms in total. The molecule has 0 atom stereocenters. The normalized spacial score (nSPS) is 12.5. The molecule has 1 amide bonds. The standard InChI is InChI=1S/C4H8O3.C3H3NO/c1-6-3-4(5)7-2;1-2-3(5)4-2/h3H2,1-2H3;1H2,(H,4,5). The van der Waals surface area contributed by atoms with Gasteiger partial charge in [-0.1, -0.05) is 6.58 Å². The SMILES string of the molecule is C=C1NC1=O.COCC(=O)OC. The summed E-state index contributed by atoms with van der Waals surface area (Å²) in [6.45, 7) is 3.33. The number of carbonyl (C=O) groups is 2. The number of methoxy groups -OCH3 is 2. The largest absolute Gasteiger partial charge is 0.467 e. The molecule has 1 aliphatic rings. The van der Waals surface area contributed by atoms with Crippen LogP contribution in [-0.4, -0.2) is 32.7 Å². The number of rotatable bonds is 2. The number of nitrogens with one attached hydrogen (secondary N) is 1. The van der Waals surface area contributed by atoms with Crippen LogP contribution in [-0.2, 0) is 19.1 Å². The van der Waals surface area contributed by atoms with Crippen LogP contribution in [0.15, 0.2) is 12.3 Å². The van der Waals surface area contributed by atoms with Gasteiger partial charge in [0.2, 0.25) is 0 Å². The summed E-state index contributed by atoms with van der Waals surface area (Å²) < 4.78 is 8.65. The highest BCUT2D eigenvalue weighted by atomic mass is 16.6. The molecule has 0 aliphatic carbocycles. The maximum absolute atomic E-state index is 10.1. The van der Waals surface area contributed by atoms with Crippen LogP contribution in [0.2, 0.25) is 0 Å².